The van der Waals surface area contributed by atoms with Gasteiger partial charge in [-0.25, -0.2) is 0 Å². The van der Waals surface area contributed by atoms with Crippen molar-refractivity contribution in [3.05, 3.63) is 35.9 Å². The van der Waals surface area contributed by atoms with Crippen molar-refractivity contribution in [1.82, 2.24) is 0 Å². The summed E-state index contributed by atoms with van der Waals surface area (Å²) in [5, 5.41) is 0. The number of hydrogen-bond donors (Lipinski definition) is 0. The van der Waals surface area contributed by atoms with Gasteiger partial charge in [0.2, 0.25) is 0 Å². The third-order valence-electron chi connectivity index (χ3n) is 1.60. The van der Waals surface area contributed by atoms with Gasteiger partial charge < -0.3 is 4.74 Å². The van der Waals surface area contributed by atoms with Gasteiger partial charge in [-0.3, -0.25) is 0 Å². The van der Waals surface area contributed by atoms with Crippen molar-refractivity contribution in [3.8, 4) is 5.75 Å². The summed E-state index contributed by atoms with van der Waals surface area (Å²) in [4.78, 5) is 0. The molecule has 13 heavy (non-hydrogen) atoms. The smallest absolute Gasteiger partial charge is 0.126 e. The quantitative estimate of drug-likeness (QED) is 0.672. The normalized spacial score (nSPS) is 10.6. The van der Waals surface area contributed by atoms with Crippen molar-refractivity contribution < 1.29 is 4.74 Å². The van der Waals surface area contributed by atoms with Gasteiger partial charge in [-0.1, -0.05) is 30.4 Å². The number of allylic oxidation sites excluding steroid dienone is 1. The van der Waals surface area contributed by atoms with Crippen LogP contribution in [0.1, 0.15) is 12.5 Å². The van der Waals surface area contributed by atoms with E-state index in [1.54, 1.807) is 0 Å². The third kappa shape index (κ3) is 3.11. The number of alkyl halides is 1. The van der Waals surface area contributed by atoms with E-state index in [1.807, 2.05) is 43.3 Å². The Morgan fingerprint density at radius 1 is 1.38 bits per heavy atom. The van der Waals surface area contributed by atoms with Crippen LogP contribution >= 0.6 is 11.6 Å². The molecule has 0 spiro atoms. The van der Waals surface area contributed by atoms with Gasteiger partial charge in [0.15, 0.2) is 0 Å². The lowest BCUT2D eigenvalue weighted by Gasteiger charge is -2.06. The fourth-order valence-electron chi connectivity index (χ4n) is 1.08. The second-order valence-electron chi connectivity index (χ2n) is 2.58. The van der Waals surface area contributed by atoms with Crippen molar-refractivity contribution in [2.75, 3.05) is 12.5 Å². The highest BCUT2D eigenvalue weighted by Gasteiger charge is 1.97. The Labute approximate surface area is 84.0 Å². The zero-order valence-electron chi connectivity index (χ0n) is 7.66. The highest BCUT2D eigenvalue weighted by molar-refractivity contribution is 6.18. The molecule has 0 bridgehead atoms. The molecule has 0 amide bonds. The van der Waals surface area contributed by atoms with E-state index >= 15 is 0 Å². The maximum atomic E-state index is 5.54. The van der Waals surface area contributed by atoms with E-state index in [9.17, 15) is 0 Å². The summed E-state index contributed by atoms with van der Waals surface area (Å²) in [6, 6.07) is 7.91. The second kappa shape index (κ2) is 5.65. The first kappa shape index (κ1) is 10.1. The molecule has 0 aliphatic rings. The molecule has 1 rings (SSSR count). The Morgan fingerprint density at radius 3 is 2.85 bits per heavy atom. The van der Waals surface area contributed by atoms with Crippen LogP contribution in [0.25, 0.3) is 6.08 Å². The molecule has 0 N–H and O–H groups in total. The van der Waals surface area contributed by atoms with Gasteiger partial charge in [-0.2, -0.15) is 0 Å². The van der Waals surface area contributed by atoms with E-state index in [1.165, 1.54) is 0 Å². The number of ether oxygens (including phenoxy) is 1. The summed E-state index contributed by atoms with van der Waals surface area (Å²) in [5.74, 6) is 1.41. The van der Waals surface area contributed by atoms with Crippen LogP contribution in [-0.4, -0.2) is 12.5 Å². The molecule has 0 fully saturated rings. The number of rotatable bonds is 4. The van der Waals surface area contributed by atoms with Gasteiger partial charge in [0, 0.05) is 5.56 Å². The van der Waals surface area contributed by atoms with E-state index in [0.29, 0.717) is 12.5 Å². The first-order valence-electron chi connectivity index (χ1n) is 4.29. The average Bonchev–Trinajstić information content (AvgIpc) is 2.17. The first-order chi connectivity index (χ1) is 6.38. The van der Waals surface area contributed by atoms with Crippen molar-refractivity contribution in [2.24, 2.45) is 0 Å². The molecule has 0 aromatic heterocycles. The molecule has 70 valence electrons. The van der Waals surface area contributed by atoms with Crippen molar-refractivity contribution in [3.63, 3.8) is 0 Å². The Hall–Kier alpha value is -0.950. The van der Waals surface area contributed by atoms with E-state index in [0.717, 1.165) is 11.3 Å². The monoisotopic (exact) mass is 196 g/mol. The minimum atomic E-state index is 0.518. The van der Waals surface area contributed by atoms with Crippen LogP contribution in [0.4, 0.5) is 0 Å². The van der Waals surface area contributed by atoms with Crippen molar-refractivity contribution in [2.45, 2.75) is 6.92 Å². The summed E-state index contributed by atoms with van der Waals surface area (Å²) in [6.45, 7) is 2.54. The Bertz CT molecular complexity index is 281. The van der Waals surface area contributed by atoms with Crippen LogP contribution < -0.4 is 4.74 Å². The molecule has 0 radical (unpaired) electrons. The van der Waals surface area contributed by atoms with Gasteiger partial charge >= 0.3 is 0 Å². The zero-order chi connectivity index (χ0) is 9.52. The summed E-state index contributed by atoms with van der Waals surface area (Å²) >= 11 is 5.54. The molecule has 0 aliphatic carbocycles. The molecule has 0 atom stereocenters. The van der Waals surface area contributed by atoms with E-state index in [4.69, 9.17) is 16.3 Å². The predicted octanol–water partition coefficient (Wildman–Crippen LogP) is 3.34. The van der Waals surface area contributed by atoms with Crippen LogP contribution in [0.3, 0.4) is 0 Å². The maximum absolute atomic E-state index is 5.54. The van der Waals surface area contributed by atoms with Crippen LogP contribution in [0.15, 0.2) is 30.3 Å². The van der Waals surface area contributed by atoms with Gasteiger partial charge in [0.1, 0.15) is 12.4 Å². The number of benzene rings is 1. The molecule has 0 aliphatic heterocycles. The Balaban J connectivity index is 2.78. The van der Waals surface area contributed by atoms with Crippen LogP contribution in [-0.2, 0) is 0 Å². The molecule has 0 unspecified atom stereocenters. The lowest BCUT2D eigenvalue weighted by atomic mass is 10.2. The summed E-state index contributed by atoms with van der Waals surface area (Å²) < 4.78 is 5.46. The highest BCUT2D eigenvalue weighted by Crippen LogP contribution is 2.19. The Kier molecular flexibility index (Phi) is 4.41. The lowest BCUT2D eigenvalue weighted by Crippen LogP contribution is -1.99. The molecule has 1 aromatic carbocycles. The topological polar surface area (TPSA) is 9.23 Å². The lowest BCUT2D eigenvalue weighted by molar-refractivity contribution is 0.342. The van der Waals surface area contributed by atoms with Crippen LogP contribution in [0.5, 0.6) is 5.75 Å². The van der Waals surface area contributed by atoms with E-state index in [2.05, 4.69) is 0 Å². The maximum Gasteiger partial charge on any atom is 0.126 e. The molecular weight excluding hydrogens is 184 g/mol. The third-order valence-corrected chi connectivity index (χ3v) is 1.75. The molecule has 0 saturated carbocycles. The summed E-state index contributed by atoms with van der Waals surface area (Å²) in [5.41, 5.74) is 1.09. The predicted molar refractivity (Wildman–Crippen MR) is 57.4 cm³/mol. The highest BCUT2D eigenvalue weighted by atomic mass is 35.5. The van der Waals surface area contributed by atoms with Crippen LogP contribution in [0.2, 0.25) is 0 Å². The summed E-state index contributed by atoms with van der Waals surface area (Å²) in [7, 11) is 0. The minimum absolute atomic E-state index is 0.518. The van der Waals surface area contributed by atoms with Crippen molar-refractivity contribution >= 4 is 17.7 Å². The fraction of sp³-hybridized carbons (Fsp3) is 0.273. The largest absolute Gasteiger partial charge is 0.492 e. The van der Waals surface area contributed by atoms with Gasteiger partial charge in [0.25, 0.3) is 0 Å². The van der Waals surface area contributed by atoms with Gasteiger partial charge in [-0.05, 0) is 13.0 Å². The molecular formula is C11H13ClO. The second-order valence-corrected chi connectivity index (χ2v) is 2.95. The van der Waals surface area contributed by atoms with Gasteiger partial charge in [0.05, 0.1) is 5.88 Å². The molecule has 1 nitrogen and oxygen atoms in total. The standard InChI is InChI=1S/C11H13ClO/c1-2-5-10-6-3-4-7-11(10)13-9-8-12/h2-7H,8-9H2,1H3/b5-2+. The van der Waals surface area contributed by atoms with Gasteiger partial charge in [-0.15, -0.1) is 11.6 Å². The van der Waals surface area contributed by atoms with E-state index < -0.39 is 0 Å². The Morgan fingerprint density at radius 2 is 2.15 bits per heavy atom. The number of halogens is 1. The average molecular weight is 197 g/mol. The number of hydrogen-bond acceptors (Lipinski definition) is 1. The van der Waals surface area contributed by atoms with Crippen LogP contribution in [0, 0.1) is 0 Å². The molecule has 1 aromatic rings. The molecule has 2 heteroatoms. The zero-order valence-corrected chi connectivity index (χ0v) is 8.42. The molecule has 0 heterocycles. The fourth-order valence-corrected chi connectivity index (χ4v) is 1.15. The van der Waals surface area contributed by atoms with E-state index in [-0.39, 0.29) is 0 Å². The molecule has 0 saturated heterocycles. The number of para-hydroxylation sites is 1. The summed E-state index contributed by atoms with van der Waals surface area (Å²) in [6.07, 6.45) is 4.01. The minimum Gasteiger partial charge on any atom is -0.492 e. The van der Waals surface area contributed by atoms with Crippen molar-refractivity contribution in [1.29, 1.82) is 0 Å². The SMILES string of the molecule is C/C=C/c1ccccc1OCCCl. The first-order valence-corrected chi connectivity index (χ1v) is 4.82.